The van der Waals surface area contributed by atoms with Crippen LogP contribution in [0.3, 0.4) is 0 Å². The Kier molecular flexibility index (Phi) is 6.09. The van der Waals surface area contributed by atoms with E-state index in [4.69, 9.17) is 4.74 Å². The fourth-order valence-corrected chi connectivity index (χ4v) is 3.81. The van der Waals surface area contributed by atoms with Gasteiger partial charge in [0.1, 0.15) is 5.25 Å². The summed E-state index contributed by atoms with van der Waals surface area (Å²) < 4.78 is 7.16. The lowest BCUT2D eigenvalue weighted by molar-refractivity contribution is -0.142. The standard InChI is InChI=1S/C18H24N4O2S/c1-3-24-17(23)14(2)25-18-20-19-16(13-21-11-7-8-12-21)22(18)15-9-5-4-6-10-15/h4-6,9-10,14H,3,7-8,11-13H2,1-2H3. The van der Waals surface area contributed by atoms with Gasteiger partial charge in [-0.3, -0.25) is 14.3 Å². The maximum atomic E-state index is 12.0. The van der Waals surface area contributed by atoms with E-state index < -0.39 is 0 Å². The minimum atomic E-state index is -0.328. The molecule has 134 valence electrons. The van der Waals surface area contributed by atoms with Crippen LogP contribution in [-0.4, -0.2) is 50.6 Å². The largest absolute Gasteiger partial charge is 0.465 e. The van der Waals surface area contributed by atoms with Crippen molar-refractivity contribution in [3.63, 3.8) is 0 Å². The summed E-state index contributed by atoms with van der Waals surface area (Å²) in [4.78, 5) is 14.4. The van der Waals surface area contributed by atoms with E-state index in [2.05, 4.69) is 19.7 Å². The third kappa shape index (κ3) is 4.41. The van der Waals surface area contributed by atoms with Crippen molar-refractivity contribution in [1.29, 1.82) is 0 Å². The van der Waals surface area contributed by atoms with Crippen LogP contribution in [0.4, 0.5) is 0 Å². The molecule has 0 bridgehead atoms. The second-order valence-corrected chi connectivity index (χ2v) is 7.37. The maximum Gasteiger partial charge on any atom is 0.319 e. The second-order valence-electron chi connectivity index (χ2n) is 6.07. The van der Waals surface area contributed by atoms with Gasteiger partial charge in [-0.05, 0) is 51.9 Å². The van der Waals surface area contributed by atoms with Crippen LogP contribution in [0.2, 0.25) is 0 Å². The molecule has 2 aromatic rings. The Hall–Kier alpha value is -1.86. The zero-order valence-corrected chi connectivity index (χ0v) is 15.5. The highest BCUT2D eigenvalue weighted by atomic mass is 32.2. The molecular weight excluding hydrogens is 336 g/mol. The molecule has 1 atom stereocenters. The van der Waals surface area contributed by atoms with E-state index in [1.165, 1.54) is 24.6 Å². The van der Waals surface area contributed by atoms with Gasteiger partial charge in [-0.25, -0.2) is 0 Å². The molecular formula is C18H24N4O2S. The first kappa shape index (κ1) is 17.9. The molecule has 0 radical (unpaired) electrons. The average molecular weight is 360 g/mol. The Labute approximate surface area is 152 Å². The SMILES string of the molecule is CCOC(=O)C(C)Sc1nnc(CN2CCCC2)n1-c1ccccc1. The summed E-state index contributed by atoms with van der Waals surface area (Å²) in [7, 11) is 0. The fraction of sp³-hybridized carbons (Fsp3) is 0.500. The Balaban J connectivity index is 1.86. The van der Waals surface area contributed by atoms with Crippen molar-refractivity contribution in [2.75, 3.05) is 19.7 Å². The normalized spacial score (nSPS) is 16.1. The molecule has 2 heterocycles. The van der Waals surface area contributed by atoms with Crippen molar-refractivity contribution >= 4 is 17.7 Å². The van der Waals surface area contributed by atoms with Crippen molar-refractivity contribution in [3.05, 3.63) is 36.2 Å². The Morgan fingerprint density at radius 2 is 1.96 bits per heavy atom. The number of hydrogen-bond acceptors (Lipinski definition) is 6. The molecule has 0 amide bonds. The smallest absolute Gasteiger partial charge is 0.319 e. The average Bonchev–Trinajstić information content (AvgIpc) is 3.26. The van der Waals surface area contributed by atoms with Crippen molar-refractivity contribution in [1.82, 2.24) is 19.7 Å². The van der Waals surface area contributed by atoms with Gasteiger partial charge in [0.05, 0.1) is 13.2 Å². The minimum Gasteiger partial charge on any atom is -0.465 e. The van der Waals surface area contributed by atoms with E-state index in [-0.39, 0.29) is 11.2 Å². The van der Waals surface area contributed by atoms with E-state index >= 15 is 0 Å². The van der Waals surface area contributed by atoms with Gasteiger partial charge in [0.25, 0.3) is 0 Å². The van der Waals surface area contributed by atoms with Crippen molar-refractivity contribution in [2.24, 2.45) is 0 Å². The number of carbonyl (C=O) groups is 1. The lowest BCUT2D eigenvalue weighted by Crippen LogP contribution is -2.21. The van der Waals surface area contributed by atoms with Crippen molar-refractivity contribution in [3.8, 4) is 5.69 Å². The number of ether oxygens (including phenoxy) is 1. The maximum absolute atomic E-state index is 12.0. The number of esters is 1. The molecule has 0 saturated carbocycles. The van der Waals surface area contributed by atoms with Gasteiger partial charge in [0, 0.05) is 5.69 Å². The first-order chi connectivity index (χ1) is 12.2. The highest BCUT2D eigenvalue weighted by molar-refractivity contribution is 8.00. The Morgan fingerprint density at radius 1 is 1.24 bits per heavy atom. The summed E-state index contributed by atoms with van der Waals surface area (Å²) in [5.41, 5.74) is 1.01. The highest BCUT2D eigenvalue weighted by Gasteiger charge is 2.23. The van der Waals surface area contributed by atoms with Crippen molar-refractivity contribution in [2.45, 2.75) is 43.6 Å². The highest BCUT2D eigenvalue weighted by Crippen LogP contribution is 2.27. The predicted molar refractivity (Wildman–Crippen MR) is 97.8 cm³/mol. The van der Waals surface area contributed by atoms with Gasteiger partial charge in [-0.15, -0.1) is 10.2 Å². The molecule has 1 aromatic carbocycles. The van der Waals surface area contributed by atoms with Crippen molar-refractivity contribution < 1.29 is 9.53 Å². The quantitative estimate of drug-likeness (QED) is 0.559. The lowest BCUT2D eigenvalue weighted by atomic mass is 10.3. The summed E-state index contributed by atoms with van der Waals surface area (Å²) in [5, 5.41) is 9.17. The van der Waals surface area contributed by atoms with Gasteiger partial charge >= 0.3 is 5.97 Å². The summed E-state index contributed by atoms with van der Waals surface area (Å²) in [6, 6.07) is 10.1. The van der Waals surface area contributed by atoms with Crippen LogP contribution in [0.25, 0.3) is 5.69 Å². The molecule has 0 N–H and O–H groups in total. The zero-order chi connectivity index (χ0) is 17.6. The number of carbonyl (C=O) groups excluding carboxylic acids is 1. The van der Waals surface area contributed by atoms with Gasteiger partial charge in [0.2, 0.25) is 0 Å². The third-order valence-electron chi connectivity index (χ3n) is 4.18. The lowest BCUT2D eigenvalue weighted by Gasteiger charge is -2.16. The fourth-order valence-electron chi connectivity index (χ4n) is 2.92. The van der Waals surface area contributed by atoms with Crippen LogP contribution in [0.1, 0.15) is 32.5 Å². The molecule has 25 heavy (non-hydrogen) atoms. The molecule has 7 heteroatoms. The van der Waals surface area contributed by atoms with E-state index in [0.29, 0.717) is 6.61 Å². The predicted octanol–water partition coefficient (Wildman–Crippen LogP) is 2.91. The molecule has 3 rings (SSSR count). The zero-order valence-electron chi connectivity index (χ0n) is 14.7. The van der Waals surface area contributed by atoms with E-state index in [1.807, 2.05) is 44.2 Å². The van der Waals surface area contributed by atoms with Crippen LogP contribution in [-0.2, 0) is 16.1 Å². The van der Waals surface area contributed by atoms with E-state index in [0.717, 1.165) is 36.3 Å². The van der Waals surface area contributed by atoms with Crippen LogP contribution >= 0.6 is 11.8 Å². The minimum absolute atomic E-state index is 0.226. The van der Waals surface area contributed by atoms with E-state index in [9.17, 15) is 4.79 Å². The molecule has 0 spiro atoms. The molecule has 1 saturated heterocycles. The summed E-state index contributed by atoms with van der Waals surface area (Å²) in [6.07, 6.45) is 2.47. The van der Waals surface area contributed by atoms with Crippen LogP contribution in [0, 0.1) is 0 Å². The number of nitrogens with zero attached hydrogens (tertiary/aromatic N) is 4. The second kappa shape index (κ2) is 8.49. The van der Waals surface area contributed by atoms with Gasteiger partial charge < -0.3 is 4.74 Å². The van der Waals surface area contributed by atoms with Gasteiger partial charge in [0.15, 0.2) is 11.0 Å². The molecule has 1 aliphatic rings. The van der Waals surface area contributed by atoms with E-state index in [1.54, 1.807) is 0 Å². The number of hydrogen-bond donors (Lipinski definition) is 0. The topological polar surface area (TPSA) is 60.2 Å². The molecule has 6 nitrogen and oxygen atoms in total. The monoisotopic (exact) mass is 360 g/mol. The van der Waals surface area contributed by atoms with Gasteiger partial charge in [-0.2, -0.15) is 0 Å². The third-order valence-corrected chi connectivity index (χ3v) is 5.20. The summed E-state index contributed by atoms with van der Waals surface area (Å²) >= 11 is 1.39. The number of para-hydroxylation sites is 1. The molecule has 1 unspecified atom stereocenters. The summed E-state index contributed by atoms with van der Waals surface area (Å²) in [5.74, 6) is 0.683. The Morgan fingerprint density at radius 3 is 2.64 bits per heavy atom. The van der Waals surface area contributed by atoms with Crippen LogP contribution in [0.15, 0.2) is 35.5 Å². The molecule has 0 aliphatic carbocycles. The van der Waals surface area contributed by atoms with Gasteiger partial charge in [-0.1, -0.05) is 30.0 Å². The number of aromatic nitrogens is 3. The first-order valence-electron chi connectivity index (χ1n) is 8.74. The van der Waals surface area contributed by atoms with Crippen LogP contribution in [0.5, 0.6) is 0 Å². The first-order valence-corrected chi connectivity index (χ1v) is 9.62. The van der Waals surface area contributed by atoms with Crippen LogP contribution < -0.4 is 0 Å². The summed E-state index contributed by atoms with van der Waals surface area (Å²) in [6.45, 7) is 7.01. The number of thioether (sulfide) groups is 1. The number of rotatable bonds is 7. The number of benzene rings is 1. The molecule has 1 aliphatic heterocycles. The Bertz CT molecular complexity index is 698. The number of likely N-dealkylation sites (tertiary alicyclic amines) is 1. The molecule has 1 fully saturated rings. The molecule has 1 aromatic heterocycles.